The largest absolute Gasteiger partial charge is 0.364 e. The molecule has 1 saturated heterocycles. The molecule has 0 aromatic carbocycles. The van der Waals surface area contributed by atoms with E-state index in [4.69, 9.17) is 5.73 Å². The first-order valence-electron chi connectivity index (χ1n) is 5.65. The first-order valence-corrected chi connectivity index (χ1v) is 5.65. The van der Waals surface area contributed by atoms with E-state index in [0.717, 1.165) is 31.4 Å². The summed E-state index contributed by atoms with van der Waals surface area (Å²) in [4.78, 5) is 17.1. The van der Waals surface area contributed by atoms with Crippen molar-refractivity contribution in [3.63, 3.8) is 0 Å². The van der Waals surface area contributed by atoms with Gasteiger partial charge in [0.1, 0.15) is 0 Å². The van der Waals surface area contributed by atoms with E-state index in [1.54, 1.807) is 17.2 Å². The van der Waals surface area contributed by atoms with Crippen LogP contribution in [0.5, 0.6) is 0 Å². The SMILES string of the molecule is NC(=O)c1nn(N2CCCC2)c2ccncc12. The highest BCUT2D eigenvalue weighted by Gasteiger charge is 2.20. The van der Waals surface area contributed by atoms with Crippen molar-refractivity contribution >= 4 is 16.8 Å². The van der Waals surface area contributed by atoms with Crippen molar-refractivity contribution in [3.8, 4) is 0 Å². The average Bonchev–Trinajstić information content (AvgIpc) is 2.95. The van der Waals surface area contributed by atoms with Crippen LogP contribution >= 0.6 is 0 Å². The third-order valence-electron chi connectivity index (χ3n) is 3.05. The predicted molar refractivity (Wildman–Crippen MR) is 63.2 cm³/mol. The molecule has 3 heterocycles. The Labute approximate surface area is 98.0 Å². The number of primary amides is 1. The summed E-state index contributed by atoms with van der Waals surface area (Å²) in [6, 6.07) is 1.85. The molecule has 17 heavy (non-hydrogen) atoms. The normalized spacial score (nSPS) is 15.6. The van der Waals surface area contributed by atoms with Gasteiger partial charge < -0.3 is 5.73 Å². The molecule has 6 nitrogen and oxygen atoms in total. The zero-order valence-corrected chi connectivity index (χ0v) is 9.33. The quantitative estimate of drug-likeness (QED) is 0.804. The van der Waals surface area contributed by atoms with Gasteiger partial charge in [-0.1, -0.05) is 0 Å². The fourth-order valence-electron chi connectivity index (χ4n) is 2.23. The van der Waals surface area contributed by atoms with Gasteiger partial charge in [0, 0.05) is 25.5 Å². The van der Waals surface area contributed by atoms with Crippen LogP contribution in [0.15, 0.2) is 18.5 Å². The highest BCUT2D eigenvalue weighted by molar-refractivity contribution is 6.03. The molecule has 88 valence electrons. The number of carbonyl (C=O) groups is 1. The van der Waals surface area contributed by atoms with Crippen LogP contribution in [-0.4, -0.2) is 33.9 Å². The van der Waals surface area contributed by atoms with Crippen LogP contribution in [0.25, 0.3) is 10.9 Å². The van der Waals surface area contributed by atoms with Gasteiger partial charge >= 0.3 is 0 Å². The minimum Gasteiger partial charge on any atom is -0.364 e. The third-order valence-corrected chi connectivity index (χ3v) is 3.05. The third kappa shape index (κ3) is 1.52. The van der Waals surface area contributed by atoms with Crippen molar-refractivity contribution in [2.75, 3.05) is 18.1 Å². The topological polar surface area (TPSA) is 77.0 Å². The summed E-state index contributed by atoms with van der Waals surface area (Å²) in [5.74, 6) is -0.513. The molecule has 1 aliphatic rings. The van der Waals surface area contributed by atoms with Gasteiger partial charge in [-0.3, -0.25) is 14.8 Å². The maximum absolute atomic E-state index is 11.3. The van der Waals surface area contributed by atoms with E-state index >= 15 is 0 Å². The van der Waals surface area contributed by atoms with E-state index in [0.29, 0.717) is 11.1 Å². The minimum atomic E-state index is -0.513. The zero-order valence-electron chi connectivity index (χ0n) is 9.33. The Bertz CT molecular complexity index is 570. The van der Waals surface area contributed by atoms with Crippen LogP contribution in [0.2, 0.25) is 0 Å². The minimum absolute atomic E-state index is 0.292. The van der Waals surface area contributed by atoms with Gasteiger partial charge in [0.15, 0.2) is 5.69 Å². The van der Waals surface area contributed by atoms with Crippen LogP contribution in [-0.2, 0) is 0 Å². The Morgan fingerprint density at radius 2 is 2.12 bits per heavy atom. The number of amides is 1. The Morgan fingerprint density at radius 1 is 1.35 bits per heavy atom. The molecule has 0 unspecified atom stereocenters. The number of nitrogens with zero attached hydrogens (tertiary/aromatic N) is 4. The summed E-state index contributed by atoms with van der Waals surface area (Å²) < 4.78 is 0. The average molecular weight is 231 g/mol. The Morgan fingerprint density at radius 3 is 2.82 bits per heavy atom. The molecule has 1 fully saturated rings. The molecule has 6 heteroatoms. The second-order valence-electron chi connectivity index (χ2n) is 4.16. The van der Waals surface area contributed by atoms with Gasteiger partial charge in [-0.15, -0.1) is 5.10 Å². The standard InChI is InChI=1S/C11H13N5O/c12-11(17)10-8-7-13-4-3-9(8)16(14-10)15-5-1-2-6-15/h3-4,7H,1-2,5-6H2,(H2,12,17). The van der Waals surface area contributed by atoms with Crippen molar-refractivity contribution in [3.05, 3.63) is 24.2 Å². The number of carbonyl (C=O) groups excluding carboxylic acids is 1. The molecule has 0 saturated carbocycles. The van der Waals surface area contributed by atoms with Crippen LogP contribution < -0.4 is 10.7 Å². The van der Waals surface area contributed by atoms with E-state index < -0.39 is 5.91 Å². The molecule has 0 bridgehead atoms. The van der Waals surface area contributed by atoms with Crippen molar-refractivity contribution in [2.45, 2.75) is 12.8 Å². The molecule has 3 rings (SSSR count). The smallest absolute Gasteiger partial charge is 0.269 e. The van der Waals surface area contributed by atoms with E-state index in [1.807, 2.05) is 6.07 Å². The van der Waals surface area contributed by atoms with Gasteiger partial charge in [0.25, 0.3) is 5.91 Å². The van der Waals surface area contributed by atoms with Crippen LogP contribution in [0.1, 0.15) is 23.3 Å². The summed E-state index contributed by atoms with van der Waals surface area (Å²) in [7, 11) is 0. The molecule has 2 aromatic heterocycles. The number of pyridine rings is 1. The van der Waals surface area contributed by atoms with E-state index in [2.05, 4.69) is 15.1 Å². The maximum Gasteiger partial charge on any atom is 0.269 e. The van der Waals surface area contributed by atoms with Gasteiger partial charge in [-0.2, -0.15) is 4.79 Å². The molecule has 1 amide bonds. The second-order valence-corrected chi connectivity index (χ2v) is 4.16. The number of hydrogen-bond acceptors (Lipinski definition) is 4. The summed E-state index contributed by atoms with van der Waals surface area (Å²) in [5.41, 5.74) is 6.51. The lowest BCUT2D eigenvalue weighted by Gasteiger charge is -2.17. The zero-order chi connectivity index (χ0) is 11.8. The Balaban J connectivity index is 2.20. The van der Waals surface area contributed by atoms with E-state index in [1.165, 1.54) is 0 Å². The molecule has 0 atom stereocenters. The van der Waals surface area contributed by atoms with Crippen molar-refractivity contribution in [1.82, 2.24) is 14.9 Å². The van der Waals surface area contributed by atoms with Crippen LogP contribution in [0.4, 0.5) is 0 Å². The lowest BCUT2D eigenvalue weighted by atomic mass is 10.2. The van der Waals surface area contributed by atoms with Gasteiger partial charge in [-0.05, 0) is 18.9 Å². The number of hydrogen-bond donors (Lipinski definition) is 1. The molecule has 1 aliphatic heterocycles. The predicted octanol–water partition coefficient (Wildman–Crippen LogP) is 0.262. The van der Waals surface area contributed by atoms with Crippen molar-refractivity contribution in [2.24, 2.45) is 5.73 Å². The molecule has 2 aromatic rings. The van der Waals surface area contributed by atoms with Crippen LogP contribution in [0.3, 0.4) is 0 Å². The van der Waals surface area contributed by atoms with Gasteiger partial charge in [-0.25, -0.2) is 0 Å². The van der Waals surface area contributed by atoms with E-state index in [-0.39, 0.29) is 0 Å². The lowest BCUT2D eigenvalue weighted by molar-refractivity contribution is 0.0996. The summed E-state index contributed by atoms with van der Waals surface area (Å²) in [6.45, 7) is 1.91. The molecule has 2 N–H and O–H groups in total. The fraction of sp³-hybridized carbons (Fsp3) is 0.364. The number of nitrogens with two attached hydrogens (primary N) is 1. The molecule has 0 spiro atoms. The highest BCUT2D eigenvalue weighted by Crippen LogP contribution is 2.19. The Hall–Kier alpha value is -2.11. The molecule has 0 aliphatic carbocycles. The molecular weight excluding hydrogens is 218 g/mol. The van der Waals surface area contributed by atoms with Gasteiger partial charge in [0.2, 0.25) is 0 Å². The number of aromatic nitrogens is 3. The van der Waals surface area contributed by atoms with Gasteiger partial charge in [0.05, 0.1) is 10.9 Å². The second kappa shape index (κ2) is 3.73. The Kier molecular flexibility index (Phi) is 2.21. The number of rotatable bonds is 2. The van der Waals surface area contributed by atoms with Crippen molar-refractivity contribution < 1.29 is 4.79 Å². The van der Waals surface area contributed by atoms with Crippen LogP contribution in [0, 0.1) is 0 Å². The maximum atomic E-state index is 11.3. The highest BCUT2D eigenvalue weighted by atomic mass is 16.1. The summed E-state index contributed by atoms with van der Waals surface area (Å²) >= 11 is 0. The molecular formula is C11H13N5O. The molecule has 0 radical (unpaired) electrons. The first kappa shape index (κ1) is 10.1. The fourth-order valence-corrected chi connectivity index (χ4v) is 2.23. The lowest BCUT2D eigenvalue weighted by Crippen LogP contribution is -2.32. The first-order chi connectivity index (χ1) is 8.27. The van der Waals surface area contributed by atoms with E-state index in [9.17, 15) is 4.79 Å². The van der Waals surface area contributed by atoms with Crippen molar-refractivity contribution in [1.29, 1.82) is 0 Å². The number of fused-ring (bicyclic) bond motifs is 1. The summed E-state index contributed by atoms with van der Waals surface area (Å²) in [6.07, 6.45) is 5.63. The summed E-state index contributed by atoms with van der Waals surface area (Å²) in [5, 5.41) is 7.13. The monoisotopic (exact) mass is 231 g/mol.